The molecule has 2 fully saturated rings. The molecule has 1 spiro atoms. The van der Waals surface area contributed by atoms with Crippen molar-refractivity contribution in [2.75, 3.05) is 13.2 Å². The maximum Gasteiger partial charge on any atom is 0.343 e. The van der Waals surface area contributed by atoms with Crippen molar-refractivity contribution in [1.29, 1.82) is 10.5 Å². The third-order valence-corrected chi connectivity index (χ3v) is 4.72. The highest BCUT2D eigenvalue weighted by atomic mass is 16.8. The van der Waals surface area contributed by atoms with E-state index < -0.39 is 16.7 Å². The molecule has 0 radical (unpaired) electrons. The van der Waals surface area contributed by atoms with Crippen molar-refractivity contribution in [3.05, 3.63) is 0 Å². The topological polar surface area (TPSA) is 106 Å². The van der Waals surface area contributed by atoms with Crippen molar-refractivity contribution in [3.8, 4) is 12.1 Å². The molecule has 6 nitrogen and oxygen atoms in total. The minimum absolute atomic E-state index is 0.116. The van der Waals surface area contributed by atoms with E-state index >= 15 is 0 Å². The lowest BCUT2D eigenvalue weighted by molar-refractivity contribution is -0.677. The Bertz CT molecular complexity index is 526. The fourth-order valence-corrected chi connectivity index (χ4v) is 3.83. The molecule has 0 aromatic rings. The zero-order valence-electron chi connectivity index (χ0n) is 10.9. The molecular weight excluding hydrogens is 244 g/mol. The van der Waals surface area contributed by atoms with E-state index in [2.05, 4.69) is 24.1 Å². The van der Waals surface area contributed by atoms with Gasteiger partial charge in [-0.25, -0.2) is 4.99 Å². The van der Waals surface area contributed by atoms with Gasteiger partial charge in [0, 0.05) is 5.92 Å². The second-order valence-corrected chi connectivity index (χ2v) is 5.39. The van der Waals surface area contributed by atoms with Crippen molar-refractivity contribution < 1.29 is 14.5 Å². The molecule has 0 aromatic carbocycles. The molecule has 0 bridgehead atoms. The van der Waals surface area contributed by atoms with Crippen LogP contribution >= 0.6 is 0 Å². The van der Waals surface area contributed by atoms with Gasteiger partial charge in [0.15, 0.2) is 10.8 Å². The standard InChI is InChI=1S/C13H16N4O2/c1-2-3-4-9-11(7-14)10(16)17-13(12(9,11)8-15)18-5-6-19-13/h9H,2-6H2,1H3,(H2,16,17)/p+1/t9-,11+,12+/m0/s1. The van der Waals surface area contributed by atoms with E-state index in [1.165, 1.54) is 0 Å². The molecule has 1 saturated heterocycles. The highest BCUT2D eigenvalue weighted by molar-refractivity contribution is 5.93. The Morgan fingerprint density at radius 3 is 2.58 bits per heavy atom. The van der Waals surface area contributed by atoms with Crippen LogP contribution in [0.5, 0.6) is 0 Å². The highest BCUT2D eigenvalue weighted by Crippen LogP contribution is 2.76. The van der Waals surface area contributed by atoms with Crippen LogP contribution in [0.4, 0.5) is 0 Å². The van der Waals surface area contributed by atoms with E-state index in [4.69, 9.17) is 15.2 Å². The maximum absolute atomic E-state index is 9.71. The number of nitrogens with one attached hydrogen (secondary N) is 1. The van der Waals surface area contributed by atoms with Crippen LogP contribution in [0.15, 0.2) is 0 Å². The molecule has 0 aromatic heterocycles. The molecule has 0 unspecified atom stereocenters. The molecule has 1 aliphatic carbocycles. The Labute approximate surface area is 111 Å². The Hall–Kier alpha value is -1.63. The average molecular weight is 261 g/mol. The third kappa shape index (κ3) is 1.06. The molecule has 1 saturated carbocycles. The fraction of sp³-hybridized carbons (Fsp3) is 0.769. The Balaban J connectivity index is 2.06. The van der Waals surface area contributed by atoms with E-state index in [0.29, 0.717) is 19.0 Å². The number of unbranched alkanes of at least 4 members (excludes halogenated alkanes) is 1. The summed E-state index contributed by atoms with van der Waals surface area (Å²) in [7, 11) is 0. The molecule has 19 heavy (non-hydrogen) atoms. The number of nitrogens with zero attached hydrogens (tertiary/aromatic N) is 2. The highest BCUT2D eigenvalue weighted by Gasteiger charge is 2.96. The number of rotatable bonds is 3. The second-order valence-electron chi connectivity index (χ2n) is 5.39. The summed E-state index contributed by atoms with van der Waals surface area (Å²) >= 11 is 0. The summed E-state index contributed by atoms with van der Waals surface area (Å²) in [6.07, 6.45) is 2.76. The summed E-state index contributed by atoms with van der Waals surface area (Å²) in [5, 5.41) is 19.3. The molecule has 2 heterocycles. The predicted molar refractivity (Wildman–Crippen MR) is 63.9 cm³/mol. The molecule has 2 aliphatic heterocycles. The van der Waals surface area contributed by atoms with Crippen molar-refractivity contribution in [1.82, 2.24) is 0 Å². The molecule has 6 heteroatoms. The lowest BCUT2D eigenvalue weighted by atomic mass is 9.94. The number of nitrogens with two attached hydrogens (primary N) is 1. The van der Waals surface area contributed by atoms with Crippen LogP contribution in [-0.4, -0.2) is 25.0 Å². The van der Waals surface area contributed by atoms with Gasteiger partial charge in [0.1, 0.15) is 0 Å². The number of nitriles is 2. The van der Waals surface area contributed by atoms with E-state index in [-0.39, 0.29) is 5.92 Å². The van der Waals surface area contributed by atoms with Gasteiger partial charge < -0.3 is 9.47 Å². The van der Waals surface area contributed by atoms with E-state index in [0.717, 1.165) is 19.3 Å². The minimum atomic E-state index is -1.22. The first-order valence-electron chi connectivity index (χ1n) is 6.66. The van der Waals surface area contributed by atoms with Gasteiger partial charge in [-0.2, -0.15) is 10.5 Å². The van der Waals surface area contributed by atoms with Crippen LogP contribution < -0.4 is 10.7 Å². The van der Waals surface area contributed by atoms with Crippen molar-refractivity contribution >= 4 is 5.84 Å². The van der Waals surface area contributed by atoms with Gasteiger partial charge in [-0.1, -0.05) is 19.8 Å². The van der Waals surface area contributed by atoms with Crippen molar-refractivity contribution in [3.63, 3.8) is 0 Å². The first kappa shape index (κ1) is 12.4. The molecular formula is C13H17N4O2+. The van der Waals surface area contributed by atoms with Crippen LogP contribution in [0, 0.1) is 39.4 Å². The van der Waals surface area contributed by atoms with Gasteiger partial charge in [0.05, 0.1) is 25.4 Å². The molecule has 100 valence electrons. The first-order chi connectivity index (χ1) is 9.15. The quantitative estimate of drug-likeness (QED) is 0.676. The third-order valence-electron chi connectivity index (χ3n) is 4.72. The van der Waals surface area contributed by atoms with Gasteiger partial charge in [-0.3, -0.25) is 5.73 Å². The fourth-order valence-electron chi connectivity index (χ4n) is 3.83. The summed E-state index contributed by atoms with van der Waals surface area (Å²) < 4.78 is 11.3. The Morgan fingerprint density at radius 1 is 1.37 bits per heavy atom. The number of ether oxygens (including phenoxy) is 2. The van der Waals surface area contributed by atoms with E-state index in [1.807, 2.05) is 0 Å². The van der Waals surface area contributed by atoms with Crippen LogP contribution in [0.2, 0.25) is 0 Å². The summed E-state index contributed by atoms with van der Waals surface area (Å²) in [4.78, 5) is 2.92. The van der Waals surface area contributed by atoms with E-state index in [9.17, 15) is 10.5 Å². The average Bonchev–Trinajstić information content (AvgIpc) is 2.67. The van der Waals surface area contributed by atoms with Crippen molar-refractivity contribution in [2.24, 2.45) is 22.5 Å². The lowest BCUT2D eigenvalue weighted by Crippen LogP contribution is -2.90. The number of hydrogen-bond acceptors (Lipinski definition) is 5. The number of amidine groups is 1. The molecule has 3 atom stereocenters. The van der Waals surface area contributed by atoms with Gasteiger partial charge in [-0.15, -0.1) is 0 Å². The monoisotopic (exact) mass is 261 g/mol. The lowest BCUT2D eigenvalue weighted by Gasteiger charge is -2.23. The molecule has 3 N–H and O–H groups in total. The number of hydrogen-bond donors (Lipinski definition) is 2. The Kier molecular flexibility index (Phi) is 2.41. The summed E-state index contributed by atoms with van der Waals surface area (Å²) in [5.74, 6) is -1.02. The molecule has 3 rings (SSSR count). The summed E-state index contributed by atoms with van der Waals surface area (Å²) in [6.45, 7) is 2.90. The zero-order valence-corrected chi connectivity index (χ0v) is 10.9. The van der Waals surface area contributed by atoms with Crippen molar-refractivity contribution in [2.45, 2.75) is 32.1 Å². The normalized spacial score (nSPS) is 41.4. The van der Waals surface area contributed by atoms with Crippen LogP contribution in [0.1, 0.15) is 26.2 Å². The van der Waals surface area contributed by atoms with Gasteiger partial charge in [0.2, 0.25) is 0 Å². The largest absolute Gasteiger partial charge is 0.343 e. The SMILES string of the molecule is CCCC[C@H]1[C@]2(C#N)C(N)=[NH+]C3(OCCO3)[C@]12C#N. The minimum Gasteiger partial charge on any atom is -0.311 e. The number of fused-ring (bicyclic) bond motifs is 2. The van der Waals surface area contributed by atoms with Gasteiger partial charge >= 0.3 is 5.91 Å². The smallest absolute Gasteiger partial charge is 0.311 e. The van der Waals surface area contributed by atoms with Crippen LogP contribution in [-0.2, 0) is 9.47 Å². The van der Waals surface area contributed by atoms with Crippen LogP contribution in [0.3, 0.4) is 0 Å². The van der Waals surface area contributed by atoms with Gasteiger partial charge in [0.25, 0.3) is 5.84 Å². The molecule has 0 amide bonds. The predicted octanol–water partition coefficient (Wildman–Crippen LogP) is -1.02. The first-order valence-corrected chi connectivity index (χ1v) is 6.66. The summed E-state index contributed by atoms with van der Waals surface area (Å²) in [6, 6.07) is 4.55. The van der Waals surface area contributed by atoms with Gasteiger partial charge in [-0.05, 0) is 6.42 Å². The zero-order chi connectivity index (χ0) is 13.7. The Morgan fingerprint density at radius 2 is 2.05 bits per heavy atom. The maximum atomic E-state index is 9.71. The van der Waals surface area contributed by atoms with Crippen LogP contribution in [0.25, 0.3) is 0 Å². The summed E-state index contributed by atoms with van der Waals surface area (Å²) in [5.41, 5.74) is 4.03. The molecule has 3 aliphatic rings. The van der Waals surface area contributed by atoms with E-state index in [1.54, 1.807) is 0 Å². The second kappa shape index (κ2) is 3.69.